The molecule has 1 aromatic heterocycles. The molecule has 1 atom stereocenters. The summed E-state index contributed by atoms with van der Waals surface area (Å²) in [4.78, 5) is 11.5. The van der Waals surface area contributed by atoms with Gasteiger partial charge in [0.2, 0.25) is 0 Å². The van der Waals surface area contributed by atoms with Crippen molar-refractivity contribution in [3.8, 4) is 0 Å². The number of hydrogen-bond acceptors (Lipinski definition) is 3. The van der Waals surface area contributed by atoms with E-state index in [1.54, 1.807) is 6.33 Å². The summed E-state index contributed by atoms with van der Waals surface area (Å²) in [6.07, 6.45) is 6.80. The van der Waals surface area contributed by atoms with Crippen LogP contribution in [0.15, 0.2) is 24.5 Å². The van der Waals surface area contributed by atoms with Gasteiger partial charge in [0.05, 0.1) is 5.52 Å². The molecule has 1 aliphatic heterocycles. The second-order valence-corrected chi connectivity index (χ2v) is 5.47. The van der Waals surface area contributed by atoms with E-state index in [1.165, 1.54) is 36.6 Å². The zero-order valence-electron chi connectivity index (χ0n) is 11.8. The Bertz CT molecular complexity index is 579. The van der Waals surface area contributed by atoms with E-state index < -0.39 is 0 Å². The lowest BCUT2D eigenvalue weighted by Gasteiger charge is -2.36. The maximum Gasteiger partial charge on any atom is 0.140 e. The van der Waals surface area contributed by atoms with Crippen molar-refractivity contribution in [1.82, 2.24) is 9.97 Å². The molecule has 1 aliphatic rings. The number of rotatable bonds is 2. The molecule has 100 valence electrons. The summed E-state index contributed by atoms with van der Waals surface area (Å²) in [6.45, 7) is 5.53. The number of anilines is 1. The molecule has 1 fully saturated rings. The first kappa shape index (κ1) is 12.4. The van der Waals surface area contributed by atoms with Gasteiger partial charge in [-0.25, -0.2) is 9.97 Å². The molecule has 0 bridgehead atoms. The highest BCUT2D eigenvalue weighted by Gasteiger charge is 2.23. The summed E-state index contributed by atoms with van der Waals surface area (Å²) in [5.41, 5.74) is 2.32. The average molecular weight is 255 g/mol. The minimum Gasteiger partial charge on any atom is -0.353 e. The molecule has 2 heterocycles. The van der Waals surface area contributed by atoms with Crippen LogP contribution in [-0.4, -0.2) is 22.6 Å². The summed E-state index contributed by atoms with van der Waals surface area (Å²) in [5, 5.41) is 1.20. The molecule has 1 unspecified atom stereocenters. The van der Waals surface area contributed by atoms with Crippen LogP contribution in [0.25, 0.3) is 10.9 Å². The van der Waals surface area contributed by atoms with Crippen LogP contribution >= 0.6 is 0 Å². The van der Waals surface area contributed by atoms with Crippen LogP contribution in [0.5, 0.6) is 0 Å². The Kier molecular flexibility index (Phi) is 3.36. The summed E-state index contributed by atoms with van der Waals surface area (Å²) in [6, 6.07) is 7.06. The predicted octanol–water partition coefficient (Wildman–Crippen LogP) is 3.71. The predicted molar refractivity (Wildman–Crippen MR) is 79.6 cm³/mol. The van der Waals surface area contributed by atoms with Crippen LogP contribution in [0, 0.1) is 6.92 Å². The molecular weight excluding hydrogens is 234 g/mol. The van der Waals surface area contributed by atoms with Crippen LogP contribution in [-0.2, 0) is 0 Å². The first-order valence-electron chi connectivity index (χ1n) is 7.27. The van der Waals surface area contributed by atoms with Crippen molar-refractivity contribution in [3.05, 3.63) is 30.1 Å². The molecule has 1 aromatic carbocycles. The van der Waals surface area contributed by atoms with Gasteiger partial charge in [0.25, 0.3) is 0 Å². The summed E-state index contributed by atoms with van der Waals surface area (Å²) in [7, 11) is 0. The lowest BCUT2D eigenvalue weighted by Crippen LogP contribution is -2.39. The molecule has 0 spiro atoms. The van der Waals surface area contributed by atoms with Crippen molar-refractivity contribution in [2.45, 2.75) is 45.6 Å². The molecule has 19 heavy (non-hydrogen) atoms. The number of hydrogen-bond donors (Lipinski definition) is 0. The number of fused-ring (bicyclic) bond motifs is 1. The zero-order valence-corrected chi connectivity index (χ0v) is 11.8. The molecular formula is C16H21N3. The highest BCUT2D eigenvalue weighted by Crippen LogP contribution is 2.30. The van der Waals surface area contributed by atoms with Gasteiger partial charge in [-0.2, -0.15) is 0 Å². The van der Waals surface area contributed by atoms with Crippen LogP contribution in [0.1, 0.15) is 38.2 Å². The Morgan fingerprint density at radius 3 is 3.00 bits per heavy atom. The van der Waals surface area contributed by atoms with Crippen LogP contribution in [0.3, 0.4) is 0 Å². The maximum atomic E-state index is 4.58. The first-order chi connectivity index (χ1) is 9.29. The number of aryl methyl sites for hydroxylation is 1. The summed E-state index contributed by atoms with van der Waals surface area (Å²) < 4.78 is 0. The Balaban J connectivity index is 2.10. The van der Waals surface area contributed by atoms with Crippen LogP contribution < -0.4 is 4.90 Å². The molecule has 3 nitrogen and oxygen atoms in total. The standard InChI is InChI=1S/C16H21N3/c1-3-13-6-4-5-9-19(13)16-14-10-12(2)7-8-15(14)17-11-18-16/h7-8,10-11,13H,3-6,9H2,1-2H3. The topological polar surface area (TPSA) is 29.0 Å². The van der Waals surface area contributed by atoms with Gasteiger partial charge in [-0.3, -0.25) is 0 Å². The van der Waals surface area contributed by atoms with Gasteiger partial charge in [-0.15, -0.1) is 0 Å². The molecule has 1 saturated heterocycles. The SMILES string of the molecule is CCC1CCCCN1c1ncnc2ccc(C)cc12. The van der Waals surface area contributed by atoms with Gasteiger partial charge in [0.15, 0.2) is 0 Å². The van der Waals surface area contributed by atoms with E-state index in [-0.39, 0.29) is 0 Å². The lowest BCUT2D eigenvalue weighted by atomic mass is 9.99. The van der Waals surface area contributed by atoms with E-state index in [0.29, 0.717) is 6.04 Å². The molecule has 2 aromatic rings. The second-order valence-electron chi connectivity index (χ2n) is 5.47. The van der Waals surface area contributed by atoms with Crippen molar-refractivity contribution in [3.63, 3.8) is 0 Å². The van der Waals surface area contributed by atoms with Gasteiger partial charge < -0.3 is 4.90 Å². The third-order valence-corrected chi connectivity index (χ3v) is 4.14. The van der Waals surface area contributed by atoms with Gasteiger partial charge in [-0.1, -0.05) is 18.6 Å². The molecule has 0 aliphatic carbocycles. The fourth-order valence-electron chi connectivity index (χ4n) is 3.09. The average Bonchev–Trinajstić information content (AvgIpc) is 2.46. The molecule has 0 N–H and O–H groups in total. The van der Waals surface area contributed by atoms with Crippen molar-refractivity contribution in [2.24, 2.45) is 0 Å². The maximum absolute atomic E-state index is 4.58. The highest BCUT2D eigenvalue weighted by molar-refractivity contribution is 5.90. The fraction of sp³-hybridized carbons (Fsp3) is 0.500. The minimum absolute atomic E-state index is 0.632. The Morgan fingerprint density at radius 2 is 2.16 bits per heavy atom. The van der Waals surface area contributed by atoms with Crippen molar-refractivity contribution < 1.29 is 0 Å². The molecule has 0 saturated carbocycles. The van der Waals surface area contributed by atoms with Gasteiger partial charge in [-0.05, 0) is 44.7 Å². The quantitative estimate of drug-likeness (QED) is 0.819. The molecule has 0 radical (unpaired) electrons. The van der Waals surface area contributed by atoms with E-state index in [1.807, 2.05) is 0 Å². The van der Waals surface area contributed by atoms with E-state index >= 15 is 0 Å². The van der Waals surface area contributed by atoms with E-state index in [4.69, 9.17) is 0 Å². The zero-order chi connectivity index (χ0) is 13.2. The first-order valence-corrected chi connectivity index (χ1v) is 7.27. The van der Waals surface area contributed by atoms with Crippen molar-refractivity contribution in [1.29, 1.82) is 0 Å². The van der Waals surface area contributed by atoms with Crippen LogP contribution in [0.4, 0.5) is 5.82 Å². The van der Waals surface area contributed by atoms with E-state index in [2.05, 4.69) is 46.9 Å². The monoisotopic (exact) mass is 255 g/mol. The lowest BCUT2D eigenvalue weighted by molar-refractivity contribution is 0.448. The highest BCUT2D eigenvalue weighted by atomic mass is 15.2. The smallest absolute Gasteiger partial charge is 0.140 e. The van der Waals surface area contributed by atoms with Gasteiger partial charge in [0, 0.05) is 18.0 Å². The van der Waals surface area contributed by atoms with Crippen molar-refractivity contribution >= 4 is 16.7 Å². The summed E-state index contributed by atoms with van der Waals surface area (Å²) in [5.74, 6) is 1.13. The van der Waals surface area contributed by atoms with Gasteiger partial charge in [0.1, 0.15) is 12.1 Å². The number of piperidine rings is 1. The molecule has 3 rings (SSSR count). The largest absolute Gasteiger partial charge is 0.353 e. The van der Waals surface area contributed by atoms with Crippen LogP contribution in [0.2, 0.25) is 0 Å². The molecule has 3 heteroatoms. The molecule has 0 amide bonds. The second kappa shape index (κ2) is 5.16. The minimum atomic E-state index is 0.632. The fourth-order valence-corrected chi connectivity index (χ4v) is 3.09. The Morgan fingerprint density at radius 1 is 1.26 bits per heavy atom. The van der Waals surface area contributed by atoms with Gasteiger partial charge >= 0.3 is 0 Å². The normalized spacial score (nSPS) is 19.9. The number of nitrogens with zero attached hydrogens (tertiary/aromatic N) is 3. The number of benzene rings is 1. The van der Waals surface area contributed by atoms with E-state index in [9.17, 15) is 0 Å². The van der Waals surface area contributed by atoms with E-state index in [0.717, 1.165) is 17.9 Å². The van der Waals surface area contributed by atoms with Crippen molar-refractivity contribution in [2.75, 3.05) is 11.4 Å². The Hall–Kier alpha value is -1.64. The third kappa shape index (κ3) is 2.29. The summed E-state index contributed by atoms with van der Waals surface area (Å²) >= 11 is 0. The third-order valence-electron chi connectivity index (χ3n) is 4.14. The Labute approximate surface area is 114 Å². The number of aromatic nitrogens is 2.